The van der Waals surface area contributed by atoms with Gasteiger partial charge in [-0.2, -0.15) is 0 Å². The smallest absolute Gasteiger partial charge is 0.124 e. The van der Waals surface area contributed by atoms with Crippen LogP contribution < -0.4 is 5.73 Å². The van der Waals surface area contributed by atoms with Crippen LogP contribution in [0.15, 0.2) is 12.1 Å². The van der Waals surface area contributed by atoms with Crippen molar-refractivity contribution >= 4 is 0 Å². The summed E-state index contributed by atoms with van der Waals surface area (Å²) in [7, 11) is 0. The third kappa shape index (κ3) is 1.25. The Morgan fingerprint density at radius 3 is 2.38 bits per heavy atom. The summed E-state index contributed by atoms with van der Waals surface area (Å²) < 4.78 is 0. The molecule has 1 aromatic carbocycles. The second-order valence-corrected chi connectivity index (χ2v) is 3.81. The molecule has 1 aliphatic carbocycles. The third-order valence-electron chi connectivity index (χ3n) is 2.64. The molecule has 0 atom stereocenters. The fraction of sp³-hybridized carbons (Fsp3) is 0.400. The van der Waals surface area contributed by atoms with Crippen LogP contribution >= 0.6 is 0 Å². The molecular weight excluding hydrogens is 166 g/mol. The Morgan fingerprint density at radius 1 is 1.23 bits per heavy atom. The van der Waals surface area contributed by atoms with E-state index < -0.39 is 0 Å². The number of phenolic OH excluding ortho intramolecular Hbond substituents is 2. The molecule has 1 saturated carbocycles. The summed E-state index contributed by atoms with van der Waals surface area (Å²) in [6, 6.07) is 3.12. The van der Waals surface area contributed by atoms with E-state index in [-0.39, 0.29) is 17.0 Å². The Bertz CT molecular complexity index is 356. The van der Waals surface area contributed by atoms with Crippen LogP contribution in [0.25, 0.3) is 0 Å². The normalized spacial score (nSPS) is 18.6. The lowest BCUT2D eigenvalue weighted by molar-refractivity contribution is 0.438. The minimum Gasteiger partial charge on any atom is -0.508 e. The number of nitrogens with two attached hydrogens (primary N) is 1. The summed E-state index contributed by atoms with van der Waals surface area (Å²) in [6.45, 7) is 1.80. The zero-order valence-corrected chi connectivity index (χ0v) is 7.54. The first kappa shape index (κ1) is 8.38. The maximum absolute atomic E-state index is 9.55. The van der Waals surface area contributed by atoms with Crippen molar-refractivity contribution in [1.82, 2.24) is 0 Å². The first-order chi connectivity index (χ1) is 6.03. The molecule has 13 heavy (non-hydrogen) atoms. The molecule has 0 heterocycles. The van der Waals surface area contributed by atoms with E-state index in [1.165, 1.54) is 6.07 Å². The van der Waals surface area contributed by atoms with Crippen molar-refractivity contribution in [2.45, 2.75) is 25.3 Å². The van der Waals surface area contributed by atoms with Gasteiger partial charge in [0.05, 0.1) is 0 Å². The quantitative estimate of drug-likeness (QED) is 0.609. The van der Waals surface area contributed by atoms with Gasteiger partial charge in [0.15, 0.2) is 0 Å². The molecule has 4 N–H and O–H groups in total. The summed E-state index contributed by atoms with van der Waals surface area (Å²) in [5.41, 5.74) is 7.11. The van der Waals surface area contributed by atoms with Gasteiger partial charge in [-0.1, -0.05) is 0 Å². The van der Waals surface area contributed by atoms with Crippen LogP contribution in [-0.4, -0.2) is 10.2 Å². The van der Waals surface area contributed by atoms with E-state index in [2.05, 4.69) is 0 Å². The van der Waals surface area contributed by atoms with Gasteiger partial charge >= 0.3 is 0 Å². The zero-order valence-electron chi connectivity index (χ0n) is 7.54. The van der Waals surface area contributed by atoms with E-state index in [0.717, 1.165) is 24.0 Å². The maximum Gasteiger partial charge on any atom is 0.124 e. The largest absolute Gasteiger partial charge is 0.508 e. The molecule has 0 aliphatic heterocycles. The van der Waals surface area contributed by atoms with Crippen LogP contribution in [-0.2, 0) is 5.54 Å². The highest BCUT2D eigenvalue weighted by Crippen LogP contribution is 2.47. The van der Waals surface area contributed by atoms with Gasteiger partial charge in [0.25, 0.3) is 0 Å². The van der Waals surface area contributed by atoms with Gasteiger partial charge in [0.2, 0.25) is 0 Å². The van der Waals surface area contributed by atoms with Crippen molar-refractivity contribution in [3.63, 3.8) is 0 Å². The highest BCUT2D eigenvalue weighted by Gasteiger charge is 2.42. The van der Waals surface area contributed by atoms with Crippen molar-refractivity contribution in [1.29, 1.82) is 0 Å². The van der Waals surface area contributed by atoms with Crippen LogP contribution in [0.2, 0.25) is 0 Å². The number of aryl methyl sites for hydroxylation is 1. The molecule has 1 aliphatic rings. The van der Waals surface area contributed by atoms with Crippen LogP contribution in [0.1, 0.15) is 24.0 Å². The maximum atomic E-state index is 9.55. The van der Waals surface area contributed by atoms with E-state index in [1.54, 1.807) is 13.0 Å². The Hall–Kier alpha value is -1.22. The van der Waals surface area contributed by atoms with E-state index in [9.17, 15) is 10.2 Å². The van der Waals surface area contributed by atoms with Gasteiger partial charge < -0.3 is 15.9 Å². The highest BCUT2D eigenvalue weighted by molar-refractivity contribution is 5.49. The number of phenols is 2. The Morgan fingerprint density at radius 2 is 1.85 bits per heavy atom. The van der Waals surface area contributed by atoms with Crippen LogP contribution in [0.3, 0.4) is 0 Å². The molecule has 0 bridgehead atoms. The van der Waals surface area contributed by atoms with Gasteiger partial charge in [0.1, 0.15) is 11.5 Å². The molecule has 2 rings (SSSR count). The molecular formula is C10H13NO2. The Balaban J connectivity index is 2.52. The van der Waals surface area contributed by atoms with Gasteiger partial charge in [-0.3, -0.25) is 0 Å². The van der Waals surface area contributed by atoms with Crippen molar-refractivity contribution in [3.05, 3.63) is 23.3 Å². The first-order valence-corrected chi connectivity index (χ1v) is 4.35. The van der Waals surface area contributed by atoms with Gasteiger partial charge in [-0.15, -0.1) is 0 Å². The molecule has 1 fully saturated rings. The van der Waals surface area contributed by atoms with E-state index in [4.69, 9.17) is 5.73 Å². The Kier molecular flexibility index (Phi) is 1.54. The molecule has 1 aromatic rings. The average molecular weight is 179 g/mol. The average Bonchev–Trinajstić information content (AvgIpc) is 2.77. The van der Waals surface area contributed by atoms with Crippen molar-refractivity contribution < 1.29 is 10.2 Å². The predicted molar refractivity (Wildman–Crippen MR) is 49.6 cm³/mol. The number of hydrogen-bond acceptors (Lipinski definition) is 3. The number of rotatable bonds is 1. The summed E-state index contributed by atoms with van der Waals surface area (Å²) in [5, 5.41) is 18.9. The molecule has 0 unspecified atom stereocenters. The second-order valence-electron chi connectivity index (χ2n) is 3.81. The van der Waals surface area contributed by atoms with Crippen molar-refractivity contribution in [3.8, 4) is 11.5 Å². The van der Waals surface area contributed by atoms with E-state index in [1.807, 2.05) is 0 Å². The summed E-state index contributed by atoms with van der Waals surface area (Å²) in [5.74, 6) is 0.216. The van der Waals surface area contributed by atoms with Crippen LogP contribution in [0.4, 0.5) is 0 Å². The third-order valence-corrected chi connectivity index (χ3v) is 2.64. The lowest BCUT2D eigenvalue weighted by Gasteiger charge is -2.12. The molecule has 0 radical (unpaired) electrons. The first-order valence-electron chi connectivity index (χ1n) is 4.35. The van der Waals surface area contributed by atoms with Crippen LogP contribution in [0.5, 0.6) is 11.5 Å². The van der Waals surface area contributed by atoms with Gasteiger partial charge in [0, 0.05) is 17.2 Å². The van der Waals surface area contributed by atoms with Crippen molar-refractivity contribution in [2.24, 2.45) is 5.73 Å². The highest BCUT2D eigenvalue weighted by atomic mass is 16.3. The minimum absolute atomic E-state index is 0.100. The monoisotopic (exact) mass is 179 g/mol. The van der Waals surface area contributed by atoms with Crippen LogP contribution in [0, 0.1) is 6.92 Å². The molecule has 0 amide bonds. The molecule has 3 nitrogen and oxygen atoms in total. The summed E-state index contributed by atoms with van der Waals surface area (Å²) >= 11 is 0. The summed E-state index contributed by atoms with van der Waals surface area (Å²) in [6.07, 6.45) is 1.82. The van der Waals surface area contributed by atoms with E-state index >= 15 is 0 Å². The lowest BCUT2D eigenvalue weighted by atomic mass is 10.0. The number of benzene rings is 1. The predicted octanol–water partition coefficient (Wildman–Crippen LogP) is 1.35. The van der Waals surface area contributed by atoms with Gasteiger partial charge in [-0.25, -0.2) is 0 Å². The molecule has 0 saturated heterocycles. The number of hydrogen-bond donors (Lipinski definition) is 3. The summed E-state index contributed by atoms with van der Waals surface area (Å²) in [4.78, 5) is 0. The molecule has 3 heteroatoms. The second kappa shape index (κ2) is 2.39. The van der Waals surface area contributed by atoms with E-state index in [0.29, 0.717) is 0 Å². The zero-order chi connectivity index (χ0) is 9.64. The SMILES string of the molecule is Cc1cc(C2(N)CC2)c(O)cc1O. The Labute approximate surface area is 76.8 Å². The fourth-order valence-corrected chi connectivity index (χ4v) is 1.49. The minimum atomic E-state index is -0.345. The lowest BCUT2D eigenvalue weighted by Crippen LogP contribution is -2.18. The topological polar surface area (TPSA) is 66.5 Å². The molecule has 70 valence electrons. The molecule has 0 spiro atoms. The fourth-order valence-electron chi connectivity index (χ4n) is 1.49. The molecule has 0 aromatic heterocycles. The van der Waals surface area contributed by atoms with Crippen molar-refractivity contribution in [2.75, 3.05) is 0 Å². The van der Waals surface area contributed by atoms with Gasteiger partial charge in [-0.05, 0) is 31.4 Å². The standard InChI is InChI=1S/C10H13NO2/c1-6-4-7(10(11)2-3-10)9(13)5-8(6)12/h4-5,12-13H,2-3,11H2,1H3. The number of aromatic hydroxyl groups is 2.